The van der Waals surface area contributed by atoms with E-state index in [-0.39, 0.29) is 18.2 Å². The normalized spacial score (nSPS) is 21.5. The SMILES string of the molecule is CCCCN1CCS[C@@H](CC(=O)O)C(=O)N[C@@H](Cc2ccccc2)C1=O. The Balaban J connectivity index is 2.21. The number of nitrogens with zero attached hydrogens (tertiary/aromatic N) is 1. The fourth-order valence-corrected chi connectivity index (χ4v) is 4.00. The predicted octanol–water partition coefficient (Wildman–Crippen LogP) is 1.93. The van der Waals surface area contributed by atoms with E-state index >= 15 is 0 Å². The fraction of sp³-hybridized carbons (Fsp3) is 0.526. The number of rotatable bonds is 7. The maximum absolute atomic E-state index is 13.0. The highest BCUT2D eigenvalue weighted by atomic mass is 32.2. The molecule has 6 nitrogen and oxygen atoms in total. The van der Waals surface area contributed by atoms with Crippen molar-refractivity contribution >= 4 is 29.5 Å². The van der Waals surface area contributed by atoms with Crippen LogP contribution in [0.2, 0.25) is 0 Å². The minimum absolute atomic E-state index is 0.0905. The first-order chi connectivity index (χ1) is 12.5. The zero-order valence-corrected chi connectivity index (χ0v) is 15.8. The van der Waals surface area contributed by atoms with E-state index in [0.29, 0.717) is 25.3 Å². The second-order valence-electron chi connectivity index (χ2n) is 6.39. The average Bonchev–Trinajstić information content (AvgIpc) is 2.66. The van der Waals surface area contributed by atoms with Gasteiger partial charge in [-0.3, -0.25) is 14.4 Å². The lowest BCUT2D eigenvalue weighted by Crippen LogP contribution is -2.51. The van der Waals surface area contributed by atoms with Gasteiger partial charge in [0, 0.05) is 25.3 Å². The van der Waals surface area contributed by atoms with Crippen molar-refractivity contribution in [2.24, 2.45) is 0 Å². The molecule has 0 spiro atoms. The van der Waals surface area contributed by atoms with Gasteiger partial charge >= 0.3 is 5.97 Å². The summed E-state index contributed by atoms with van der Waals surface area (Å²) >= 11 is 1.31. The monoisotopic (exact) mass is 378 g/mol. The molecule has 1 aromatic carbocycles. The molecule has 26 heavy (non-hydrogen) atoms. The quantitative estimate of drug-likeness (QED) is 0.757. The topological polar surface area (TPSA) is 86.7 Å². The molecule has 1 aliphatic heterocycles. The number of benzene rings is 1. The number of carboxylic acids is 1. The molecule has 1 fully saturated rings. The van der Waals surface area contributed by atoms with E-state index < -0.39 is 17.3 Å². The van der Waals surface area contributed by atoms with Crippen molar-refractivity contribution in [3.8, 4) is 0 Å². The number of carbonyl (C=O) groups is 3. The summed E-state index contributed by atoms with van der Waals surface area (Å²) in [5.41, 5.74) is 0.961. The third kappa shape index (κ3) is 6.05. The number of nitrogens with one attached hydrogen (secondary N) is 1. The van der Waals surface area contributed by atoms with E-state index in [1.165, 1.54) is 11.8 Å². The van der Waals surface area contributed by atoms with Gasteiger partial charge in [-0.2, -0.15) is 0 Å². The zero-order valence-electron chi connectivity index (χ0n) is 15.0. The Morgan fingerprint density at radius 3 is 2.69 bits per heavy atom. The summed E-state index contributed by atoms with van der Waals surface area (Å²) in [5, 5.41) is 11.2. The third-order valence-corrected chi connectivity index (χ3v) is 5.52. The Labute approximate surface area is 158 Å². The van der Waals surface area contributed by atoms with Crippen LogP contribution in [0.25, 0.3) is 0 Å². The van der Waals surface area contributed by atoms with Gasteiger partial charge in [0.05, 0.1) is 11.7 Å². The lowest BCUT2D eigenvalue weighted by molar-refractivity contribution is -0.139. The predicted molar refractivity (Wildman–Crippen MR) is 102 cm³/mol. The molecule has 2 N–H and O–H groups in total. The van der Waals surface area contributed by atoms with Crippen LogP contribution in [-0.4, -0.2) is 57.9 Å². The Morgan fingerprint density at radius 2 is 2.04 bits per heavy atom. The summed E-state index contributed by atoms with van der Waals surface area (Å²) < 4.78 is 0. The van der Waals surface area contributed by atoms with Gasteiger partial charge in [0.2, 0.25) is 11.8 Å². The second-order valence-corrected chi connectivity index (χ2v) is 7.70. The van der Waals surface area contributed by atoms with Crippen molar-refractivity contribution in [3.05, 3.63) is 35.9 Å². The van der Waals surface area contributed by atoms with Crippen molar-refractivity contribution in [1.82, 2.24) is 10.2 Å². The summed E-state index contributed by atoms with van der Waals surface area (Å²) in [7, 11) is 0. The van der Waals surface area contributed by atoms with Crippen molar-refractivity contribution in [2.45, 2.75) is 43.9 Å². The number of unbranched alkanes of at least 4 members (excludes halogenated alkanes) is 1. The number of hydrogen-bond donors (Lipinski definition) is 2. The Bertz CT molecular complexity index is 623. The van der Waals surface area contributed by atoms with Crippen molar-refractivity contribution in [2.75, 3.05) is 18.8 Å². The van der Waals surface area contributed by atoms with E-state index in [9.17, 15) is 14.4 Å². The molecule has 142 valence electrons. The molecular weight excluding hydrogens is 352 g/mol. The minimum atomic E-state index is -1.01. The van der Waals surface area contributed by atoms with E-state index in [4.69, 9.17) is 5.11 Å². The number of amides is 2. The molecule has 1 saturated heterocycles. The maximum Gasteiger partial charge on any atom is 0.305 e. The molecule has 0 bridgehead atoms. The Hall–Kier alpha value is -2.02. The first-order valence-electron chi connectivity index (χ1n) is 8.97. The van der Waals surface area contributed by atoms with Crippen molar-refractivity contribution in [3.63, 3.8) is 0 Å². The highest BCUT2D eigenvalue weighted by Gasteiger charge is 2.32. The van der Waals surface area contributed by atoms with Gasteiger partial charge in [-0.15, -0.1) is 11.8 Å². The first kappa shape index (κ1) is 20.3. The molecular formula is C19H26N2O4S. The highest BCUT2D eigenvalue weighted by molar-refractivity contribution is 8.00. The molecule has 0 aliphatic carbocycles. The van der Waals surface area contributed by atoms with Crippen LogP contribution in [0.15, 0.2) is 30.3 Å². The molecule has 1 heterocycles. The van der Waals surface area contributed by atoms with Crippen LogP contribution in [0.3, 0.4) is 0 Å². The van der Waals surface area contributed by atoms with Crippen LogP contribution in [0.4, 0.5) is 0 Å². The van der Waals surface area contributed by atoms with Gasteiger partial charge in [-0.05, 0) is 12.0 Å². The van der Waals surface area contributed by atoms with Gasteiger partial charge in [0.15, 0.2) is 0 Å². The van der Waals surface area contributed by atoms with Crippen LogP contribution in [0.5, 0.6) is 0 Å². The summed E-state index contributed by atoms with van der Waals surface area (Å²) in [6.07, 6.45) is 2.05. The number of thioether (sulfide) groups is 1. The van der Waals surface area contributed by atoms with E-state index in [1.807, 2.05) is 30.3 Å². The molecule has 0 radical (unpaired) electrons. The number of hydrogen-bond acceptors (Lipinski definition) is 4. The number of carbonyl (C=O) groups excluding carboxylic acids is 2. The van der Waals surface area contributed by atoms with Gasteiger partial charge in [-0.25, -0.2) is 0 Å². The van der Waals surface area contributed by atoms with Gasteiger partial charge in [0.1, 0.15) is 6.04 Å². The largest absolute Gasteiger partial charge is 0.481 e. The molecule has 0 unspecified atom stereocenters. The molecule has 2 amide bonds. The lowest BCUT2D eigenvalue weighted by atomic mass is 10.0. The summed E-state index contributed by atoms with van der Waals surface area (Å²) in [6.45, 7) is 3.25. The van der Waals surface area contributed by atoms with E-state index in [0.717, 1.165) is 18.4 Å². The molecule has 7 heteroatoms. The maximum atomic E-state index is 13.0. The highest BCUT2D eigenvalue weighted by Crippen LogP contribution is 2.19. The van der Waals surface area contributed by atoms with E-state index in [2.05, 4.69) is 12.2 Å². The lowest BCUT2D eigenvalue weighted by Gasteiger charge is -2.27. The summed E-state index contributed by atoms with van der Waals surface area (Å²) in [5.74, 6) is -0.916. The summed E-state index contributed by atoms with van der Waals surface area (Å²) in [4.78, 5) is 38.4. The van der Waals surface area contributed by atoms with Gasteiger partial charge < -0.3 is 15.3 Å². The zero-order chi connectivity index (χ0) is 18.9. The van der Waals surface area contributed by atoms with Crippen LogP contribution < -0.4 is 5.32 Å². The minimum Gasteiger partial charge on any atom is -0.481 e. The average molecular weight is 378 g/mol. The standard InChI is InChI=1S/C19H26N2O4S/c1-2-3-9-21-10-11-26-16(13-17(22)23)18(24)20-15(19(21)25)12-14-7-5-4-6-8-14/h4-8,15-16H,2-3,9-13H2,1H3,(H,20,24)(H,22,23)/t15-,16-/m0/s1. The summed E-state index contributed by atoms with van der Waals surface area (Å²) in [6, 6.07) is 8.87. The van der Waals surface area contributed by atoms with Crippen LogP contribution in [0, 0.1) is 0 Å². The molecule has 1 aromatic rings. The first-order valence-corrected chi connectivity index (χ1v) is 10.0. The molecule has 1 aliphatic rings. The molecule has 2 rings (SSSR count). The smallest absolute Gasteiger partial charge is 0.305 e. The second kappa shape index (κ2) is 10.2. The van der Waals surface area contributed by atoms with Gasteiger partial charge in [0.25, 0.3) is 0 Å². The Morgan fingerprint density at radius 1 is 1.31 bits per heavy atom. The van der Waals surface area contributed by atoms with Crippen molar-refractivity contribution < 1.29 is 19.5 Å². The van der Waals surface area contributed by atoms with Crippen LogP contribution in [-0.2, 0) is 20.8 Å². The molecule has 0 aromatic heterocycles. The van der Waals surface area contributed by atoms with Crippen molar-refractivity contribution in [1.29, 1.82) is 0 Å². The fourth-order valence-electron chi connectivity index (χ4n) is 2.91. The van der Waals surface area contributed by atoms with E-state index in [1.54, 1.807) is 4.90 Å². The molecule has 2 atom stereocenters. The number of aliphatic carboxylic acids is 1. The van der Waals surface area contributed by atoms with Crippen LogP contribution in [0.1, 0.15) is 31.7 Å². The number of carboxylic acid groups (broad SMARTS) is 1. The Kier molecular flexibility index (Phi) is 7.97. The third-order valence-electron chi connectivity index (χ3n) is 4.32. The van der Waals surface area contributed by atoms with Gasteiger partial charge in [-0.1, -0.05) is 43.7 Å². The molecule has 0 saturated carbocycles. The van der Waals surface area contributed by atoms with Crippen LogP contribution >= 0.6 is 11.8 Å².